The molecule has 0 unspecified atom stereocenters. The van der Waals surface area contributed by atoms with E-state index < -0.39 is 0 Å². The molecule has 0 aromatic carbocycles. The van der Waals surface area contributed by atoms with Gasteiger partial charge in [0.15, 0.2) is 0 Å². The highest BCUT2D eigenvalue weighted by atomic mass is 35.5. The van der Waals surface area contributed by atoms with Gasteiger partial charge in [-0.2, -0.15) is 0 Å². The van der Waals surface area contributed by atoms with Crippen molar-refractivity contribution >= 4 is 17.5 Å². The summed E-state index contributed by atoms with van der Waals surface area (Å²) in [6, 6.07) is 3.38. The van der Waals surface area contributed by atoms with Gasteiger partial charge in [-0.05, 0) is 25.0 Å². The fourth-order valence-corrected chi connectivity index (χ4v) is 1.68. The minimum Gasteiger partial charge on any atom is -0.352 e. The number of aromatic nitrogens is 1. The van der Waals surface area contributed by atoms with Crippen LogP contribution in [0.4, 0.5) is 0 Å². The first-order valence-corrected chi connectivity index (χ1v) is 6.10. The van der Waals surface area contributed by atoms with E-state index >= 15 is 0 Å². The Labute approximate surface area is 107 Å². The van der Waals surface area contributed by atoms with Crippen molar-refractivity contribution in [1.82, 2.24) is 10.3 Å². The van der Waals surface area contributed by atoms with Crippen LogP contribution in [0.2, 0.25) is 5.15 Å². The van der Waals surface area contributed by atoms with Crippen LogP contribution < -0.4 is 5.32 Å². The summed E-state index contributed by atoms with van der Waals surface area (Å²) in [7, 11) is 0. The standard InChI is InChI=1S/C13H17ClN2O/c1-3-5-7-15-13(17)10-8-11(6-4-2)16-12(14)9-10/h3,8-9H,1,4-7H2,2H3,(H,15,17). The molecule has 0 saturated carbocycles. The van der Waals surface area contributed by atoms with E-state index in [-0.39, 0.29) is 5.91 Å². The SMILES string of the molecule is C=CCCNC(=O)c1cc(Cl)nc(CCC)c1. The molecule has 0 saturated heterocycles. The van der Waals surface area contributed by atoms with E-state index in [9.17, 15) is 4.79 Å². The first-order chi connectivity index (χ1) is 8.17. The minimum atomic E-state index is -0.117. The summed E-state index contributed by atoms with van der Waals surface area (Å²) in [6.07, 6.45) is 4.33. The molecule has 1 aromatic heterocycles. The van der Waals surface area contributed by atoms with E-state index in [0.717, 1.165) is 25.0 Å². The highest BCUT2D eigenvalue weighted by molar-refractivity contribution is 6.29. The Kier molecular flexibility index (Phi) is 5.70. The van der Waals surface area contributed by atoms with Gasteiger partial charge in [0.05, 0.1) is 0 Å². The molecule has 0 bridgehead atoms. The van der Waals surface area contributed by atoms with Crippen LogP contribution in [0.25, 0.3) is 0 Å². The number of nitrogens with zero attached hydrogens (tertiary/aromatic N) is 1. The minimum absolute atomic E-state index is 0.117. The lowest BCUT2D eigenvalue weighted by atomic mass is 10.1. The van der Waals surface area contributed by atoms with Gasteiger partial charge in [0.1, 0.15) is 5.15 Å². The van der Waals surface area contributed by atoms with Gasteiger partial charge in [0.25, 0.3) is 5.91 Å². The molecule has 0 radical (unpaired) electrons. The van der Waals surface area contributed by atoms with Gasteiger partial charge in [-0.25, -0.2) is 4.98 Å². The van der Waals surface area contributed by atoms with Gasteiger partial charge in [0, 0.05) is 17.8 Å². The van der Waals surface area contributed by atoms with Gasteiger partial charge >= 0.3 is 0 Å². The number of hydrogen-bond donors (Lipinski definition) is 1. The topological polar surface area (TPSA) is 42.0 Å². The molecule has 92 valence electrons. The molecule has 0 aliphatic heterocycles. The first-order valence-electron chi connectivity index (χ1n) is 5.73. The summed E-state index contributed by atoms with van der Waals surface area (Å²) in [6.45, 7) is 6.25. The van der Waals surface area contributed by atoms with E-state index in [1.807, 2.05) is 0 Å². The Balaban J connectivity index is 2.74. The predicted molar refractivity (Wildman–Crippen MR) is 70.4 cm³/mol. The lowest BCUT2D eigenvalue weighted by Gasteiger charge is -2.06. The average Bonchev–Trinajstić information content (AvgIpc) is 2.29. The van der Waals surface area contributed by atoms with E-state index in [1.165, 1.54) is 0 Å². The van der Waals surface area contributed by atoms with Crippen LogP contribution in [0.5, 0.6) is 0 Å². The summed E-state index contributed by atoms with van der Waals surface area (Å²) in [5.41, 5.74) is 1.42. The van der Waals surface area contributed by atoms with Crippen molar-refractivity contribution < 1.29 is 4.79 Å². The Morgan fingerprint density at radius 2 is 2.35 bits per heavy atom. The zero-order valence-corrected chi connectivity index (χ0v) is 10.8. The summed E-state index contributed by atoms with van der Waals surface area (Å²) in [5, 5.41) is 3.17. The molecule has 3 nitrogen and oxygen atoms in total. The van der Waals surface area contributed by atoms with Crippen molar-refractivity contribution in [3.05, 3.63) is 41.2 Å². The van der Waals surface area contributed by atoms with Crippen LogP contribution >= 0.6 is 11.6 Å². The molecule has 0 spiro atoms. The smallest absolute Gasteiger partial charge is 0.251 e. The number of hydrogen-bond acceptors (Lipinski definition) is 2. The van der Waals surface area contributed by atoms with E-state index in [1.54, 1.807) is 18.2 Å². The van der Waals surface area contributed by atoms with Crippen molar-refractivity contribution in [2.24, 2.45) is 0 Å². The lowest BCUT2D eigenvalue weighted by molar-refractivity contribution is 0.0954. The largest absolute Gasteiger partial charge is 0.352 e. The fraction of sp³-hybridized carbons (Fsp3) is 0.385. The maximum atomic E-state index is 11.8. The van der Waals surface area contributed by atoms with Crippen molar-refractivity contribution in [1.29, 1.82) is 0 Å². The molecule has 1 N–H and O–H groups in total. The molecule has 0 atom stereocenters. The summed E-state index contributed by atoms with van der Waals surface area (Å²) < 4.78 is 0. The van der Waals surface area contributed by atoms with E-state index in [4.69, 9.17) is 11.6 Å². The van der Waals surface area contributed by atoms with Gasteiger partial charge in [-0.3, -0.25) is 4.79 Å². The van der Waals surface area contributed by atoms with Crippen LogP contribution in [-0.2, 0) is 6.42 Å². The average molecular weight is 253 g/mol. The number of nitrogens with one attached hydrogen (secondary N) is 1. The van der Waals surface area contributed by atoms with E-state index in [0.29, 0.717) is 17.3 Å². The molecular weight excluding hydrogens is 236 g/mol. The summed E-state index contributed by atoms with van der Waals surface area (Å²) in [5.74, 6) is -0.117. The van der Waals surface area contributed by atoms with Crippen LogP contribution in [0.3, 0.4) is 0 Å². The molecule has 17 heavy (non-hydrogen) atoms. The molecule has 1 aromatic rings. The van der Waals surface area contributed by atoms with Crippen molar-refractivity contribution in [3.8, 4) is 0 Å². The third-order valence-electron chi connectivity index (χ3n) is 2.25. The molecule has 4 heteroatoms. The maximum Gasteiger partial charge on any atom is 0.251 e. The van der Waals surface area contributed by atoms with Crippen LogP contribution in [0.1, 0.15) is 35.8 Å². The number of amides is 1. The highest BCUT2D eigenvalue weighted by Gasteiger charge is 2.08. The summed E-state index contributed by atoms with van der Waals surface area (Å²) >= 11 is 5.88. The van der Waals surface area contributed by atoms with Crippen LogP contribution in [0, 0.1) is 0 Å². The second-order valence-corrected chi connectivity index (χ2v) is 4.14. The Hall–Kier alpha value is -1.35. The van der Waals surface area contributed by atoms with Crippen molar-refractivity contribution in [3.63, 3.8) is 0 Å². The highest BCUT2D eigenvalue weighted by Crippen LogP contribution is 2.12. The lowest BCUT2D eigenvalue weighted by Crippen LogP contribution is -2.24. The Morgan fingerprint density at radius 1 is 1.59 bits per heavy atom. The molecule has 1 heterocycles. The van der Waals surface area contributed by atoms with Crippen molar-refractivity contribution in [2.75, 3.05) is 6.54 Å². The second-order valence-electron chi connectivity index (χ2n) is 3.75. The number of pyridine rings is 1. The monoisotopic (exact) mass is 252 g/mol. The normalized spacial score (nSPS) is 10.0. The van der Waals surface area contributed by atoms with E-state index in [2.05, 4.69) is 23.8 Å². The second kappa shape index (κ2) is 7.07. The van der Waals surface area contributed by atoms with Gasteiger partial charge in [0.2, 0.25) is 0 Å². The van der Waals surface area contributed by atoms with Crippen molar-refractivity contribution in [2.45, 2.75) is 26.2 Å². The number of carbonyl (C=O) groups excluding carboxylic acids is 1. The molecular formula is C13H17ClN2O. The zero-order valence-electron chi connectivity index (χ0n) is 10.0. The fourth-order valence-electron chi connectivity index (χ4n) is 1.46. The zero-order chi connectivity index (χ0) is 12.7. The number of carbonyl (C=O) groups is 1. The summed E-state index contributed by atoms with van der Waals surface area (Å²) in [4.78, 5) is 16.0. The van der Waals surface area contributed by atoms with Gasteiger partial charge in [-0.15, -0.1) is 6.58 Å². The van der Waals surface area contributed by atoms with Gasteiger partial charge < -0.3 is 5.32 Å². The number of aryl methyl sites for hydroxylation is 1. The predicted octanol–water partition coefficient (Wildman–Crippen LogP) is 2.99. The molecule has 0 aliphatic carbocycles. The number of halogens is 1. The maximum absolute atomic E-state index is 11.8. The van der Waals surface area contributed by atoms with Crippen LogP contribution in [0.15, 0.2) is 24.8 Å². The third-order valence-corrected chi connectivity index (χ3v) is 2.44. The Morgan fingerprint density at radius 3 is 3.00 bits per heavy atom. The Bertz CT molecular complexity index is 404. The first kappa shape index (κ1) is 13.7. The molecule has 0 aliphatic rings. The molecule has 0 fully saturated rings. The quantitative estimate of drug-likeness (QED) is 0.480. The molecule has 1 amide bonds. The van der Waals surface area contributed by atoms with Crippen LogP contribution in [-0.4, -0.2) is 17.4 Å². The molecule has 1 rings (SSSR count). The third kappa shape index (κ3) is 4.57. The number of rotatable bonds is 6. The van der Waals surface area contributed by atoms with Gasteiger partial charge in [-0.1, -0.05) is 31.0 Å².